The fourth-order valence-electron chi connectivity index (χ4n) is 3.86. The van der Waals surface area contributed by atoms with Crippen molar-refractivity contribution in [1.29, 1.82) is 5.26 Å². The van der Waals surface area contributed by atoms with Gasteiger partial charge < -0.3 is 20.8 Å². The highest BCUT2D eigenvalue weighted by atomic mass is 16.5. The van der Waals surface area contributed by atoms with Crippen LogP contribution in [-0.2, 0) is 6.42 Å². The Morgan fingerprint density at radius 1 is 1.21 bits per heavy atom. The Morgan fingerprint density at radius 2 is 2.00 bits per heavy atom. The molecule has 4 aromatic rings. The minimum absolute atomic E-state index is 0.0801. The molecule has 0 radical (unpaired) electrons. The van der Waals surface area contributed by atoms with E-state index in [9.17, 15) is 4.79 Å². The van der Waals surface area contributed by atoms with Gasteiger partial charge in [-0.3, -0.25) is 4.79 Å². The molecule has 1 aliphatic rings. The summed E-state index contributed by atoms with van der Waals surface area (Å²) < 4.78 is 7.24. The molecule has 3 aromatic heterocycles. The summed E-state index contributed by atoms with van der Waals surface area (Å²) in [6.45, 7) is 2.11. The third kappa shape index (κ3) is 4.52. The molecule has 172 valence electrons. The lowest BCUT2D eigenvalue weighted by Crippen LogP contribution is -2.23. The second kappa shape index (κ2) is 9.58. The van der Waals surface area contributed by atoms with Crippen LogP contribution in [0.25, 0.3) is 21.9 Å². The van der Waals surface area contributed by atoms with Gasteiger partial charge in [0.25, 0.3) is 5.56 Å². The van der Waals surface area contributed by atoms with Crippen molar-refractivity contribution in [2.24, 2.45) is 0 Å². The van der Waals surface area contributed by atoms with Crippen molar-refractivity contribution < 1.29 is 4.74 Å². The molecule has 0 bridgehead atoms. The summed E-state index contributed by atoms with van der Waals surface area (Å²) >= 11 is 0. The molecule has 0 spiro atoms. The number of ether oxygens (including phenoxy) is 1. The maximum absolute atomic E-state index is 13.3. The van der Waals surface area contributed by atoms with Crippen molar-refractivity contribution in [2.75, 3.05) is 18.6 Å². The van der Waals surface area contributed by atoms with E-state index in [2.05, 4.69) is 27.9 Å². The first-order valence-corrected chi connectivity index (χ1v) is 10.9. The number of pyridine rings is 2. The van der Waals surface area contributed by atoms with E-state index in [4.69, 9.17) is 21.5 Å². The van der Waals surface area contributed by atoms with Gasteiger partial charge in [-0.2, -0.15) is 10.2 Å². The first-order chi connectivity index (χ1) is 16.5. The van der Waals surface area contributed by atoms with E-state index in [-0.39, 0.29) is 22.9 Å². The van der Waals surface area contributed by atoms with Crippen LogP contribution in [0.3, 0.4) is 0 Å². The number of nitrogens with two attached hydrogens (primary N) is 2. The second-order valence-electron chi connectivity index (χ2n) is 7.89. The molecule has 0 unspecified atom stereocenters. The highest BCUT2D eigenvalue weighted by molar-refractivity contribution is 5.96. The first-order valence-electron chi connectivity index (χ1n) is 10.9. The van der Waals surface area contributed by atoms with E-state index >= 15 is 0 Å². The van der Waals surface area contributed by atoms with Crippen LogP contribution in [0.5, 0.6) is 5.88 Å². The molecule has 0 saturated heterocycles. The SMILES string of the molecule is CCc1cc2cccc(-c3ccnc(OC)c3)c2c(=O)n1C1CC1.N#Cc1cnc(N)nc1N. The molecule has 1 fully saturated rings. The summed E-state index contributed by atoms with van der Waals surface area (Å²) in [7, 11) is 1.60. The van der Waals surface area contributed by atoms with E-state index < -0.39 is 0 Å². The van der Waals surface area contributed by atoms with Gasteiger partial charge in [0.05, 0.1) is 18.7 Å². The van der Waals surface area contributed by atoms with Crippen LogP contribution in [0, 0.1) is 11.3 Å². The average Bonchev–Trinajstić information content (AvgIpc) is 3.69. The summed E-state index contributed by atoms with van der Waals surface area (Å²) in [6.07, 6.45) is 6.08. The van der Waals surface area contributed by atoms with Gasteiger partial charge in [-0.25, -0.2) is 9.97 Å². The van der Waals surface area contributed by atoms with Gasteiger partial charge in [-0.05, 0) is 47.9 Å². The molecule has 4 N–H and O–H groups in total. The molecule has 1 aromatic carbocycles. The van der Waals surface area contributed by atoms with Gasteiger partial charge in [0.15, 0.2) is 0 Å². The van der Waals surface area contributed by atoms with Crippen LogP contribution >= 0.6 is 0 Å². The van der Waals surface area contributed by atoms with Gasteiger partial charge in [0.1, 0.15) is 17.5 Å². The van der Waals surface area contributed by atoms with Crippen LogP contribution in [0.1, 0.15) is 37.1 Å². The molecular formula is C25H25N7O2. The zero-order valence-electron chi connectivity index (χ0n) is 19.0. The monoisotopic (exact) mass is 455 g/mol. The summed E-state index contributed by atoms with van der Waals surface area (Å²) in [5.41, 5.74) is 13.8. The summed E-state index contributed by atoms with van der Waals surface area (Å²) in [6, 6.07) is 14.2. The number of hydrogen-bond acceptors (Lipinski definition) is 8. The molecular weight excluding hydrogens is 430 g/mol. The van der Waals surface area contributed by atoms with Gasteiger partial charge in [0.2, 0.25) is 11.8 Å². The van der Waals surface area contributed by atoms with Crippen LogP contribution in [-0.4, -0.2) is 26.6 Å². The number of aromatic nitrogens is 4. The number of nitrogen functional groups attached to an aromatic ring is 2. The van der Waals surface area contributed by atoms with Crippen molar-refractivity contribution in [1.82, 2.24) is 19.5 Å². The van der Waals surface area contributed by atoms with E-state index in [0.29, 0.717) is 11.9 Å². The highest BCUT2D eigenvalue weighted by Crippen LogP contribution is 2.36. The molecule has 0 amide bonds. The lowest BCUT2D eigenvalue weighted by atomic mass is 9.99. The minimum Gasteiger partial charge on any atom is -0.481 e. The maximum atomic E-state index is 13.3. The van der Waals surface area contributed by atoms with Crippen molar-refractivity contribution in [3.05, 3.63) is 70.4 Å². The van der Waals surface area contributed by atoms with Gasteiger partial charge >= 0.3 is 0 Å². The normalized spacial score (nSPS) is 12.5. The molecule has 0 aliphatic heterocycles. The predicted octanol–water partition coefficient (Wildman–Crippen LogP) is 3.48. The number of fused-ring (bicyclic) bond motifs is 1. The number of anilines is 2. The fourth-order valence-corrected chi connectivity index (χ4v) is 3.86. The highest BCUT2D eigenvalue weighted by Gasteiger charge is 2.27. The van der Waals surface area contributed by atoms with Crippen molar-refractivity contribution >= 4 is 22.5 Å². The van der Waals surface area contributed by atoms with E-state index in [1.807, 2.05) is 41.0 Å². The molecule has 1 saturated carbocycles. The fraction of sp³-hybridized carbons (Fsp3) is 0.240. The second-order valence-corrected chi connectivity index (χ2v) is 7.89. The predicted molar refractivity (Wildman–Crippen MR) is 131 cm³/mol. The van der Waals surface area contributed by atoms with Crippen LogP contribution in [0.15, 0.2) is 53.6 Å². The maximum Gasteiger partial charge on any atom is 0.259 e. The Labute approximate surface area is 196 Å². The Morgan fingerprint density at radius 3 is 2.65 bits per heavy atom. The lowest BCUT2D eigenvalue weighted by Gasteiger charge is -2.15. The van der Waals surface area contributed by atoms with Crippen LogP contribution < -0.4 is 21.8 Å². The third-order valence-electron chi connectivity index (χ3n) is 5.65. The summed E-state index contributed by atoms with van der Waals surface area (Å²) in [5, 5.41) is 10.1. The van der Waals surface area contributed by atoms with E-state index in [1.165, 1.54) is 6.20 Å². The van der Waals surface area contributed by atoms with Crippen molar-refractivity contribution in [3.63, 3.8) is 0 Å². The molecule has 5 rings (SSSR count). The van der Waals surface area contributed by atoms with Crippen LogP contribution in [0.2, 0.25) is 0 Å². The summed E-state index contributed by atoms with van der Waals surface area (Å²) in [4.78, 5) is 24.6. The number of aryl methyl sites for hydroxylation is 1. The lowest BCUT2D eigenvalue weighted by molar-refractivity contribution is 0.398. The number of methoxy groups -OCH3 is 1. The standard InChI is InChI=1S/C20H20N2O2.C5H5N5/c1-3-15-11-14-5-4-6-17(13-9-10-21-18(12-13)24-2)19(14)20(23)22(15)16-7-8-16;6-1-3-2-9-5(8)10-4(3)7/h4-6,9-12,16H,3,7-8H2,1-2H3;2H,(H4,7,8,9,10). The molecule has 9 nitrogen and oxygen atoms in total. The molecule has 3 heterocycles. The van der Waals surface area contributed by atoms with Gasteiger partial charge in [0, 0.05) is 24.0 Å². The average molecular weight is 456 g/mol. The Hall–Kier alpha value is -4.45. The topological polar surface area (TPSA) is 146 Å². The van der Waals surface area contributed by atoms with Gasteiger partial charge in [-0.1, -0.05) is 25.1 Å². The first kappa shape index (κ1) is 22.7. The number of nitrogens with zero attached hydrogens (tertiary/aromatic N) is 5. The zero-order valence-corrected chi connectivity index (χ0v) is 19.0. The number of hydrogen-bond donors (Lipinski definition) is 2. The molecule has 1 aliphatic carbocycles. The quantitative estimate of drug-likeness (QED) is 0.475. The molecule has 34 heavy (non-hydrogen) atoms. The minimum atomic E-state index is 0.0801. The number of benzene rings is 1. The van der Waals surface area contributed by atoms with Crippen molar-refractivity contribution in [3.8, 4) is 23.1 Å². The summed E-state index contributed by atoms with van der Waals surface area (Å²) in [5.74, 6) is 0.753. The smallest absolute Gasteiger partial charge is 0.259 e. The van der Waals surface area contributed by atoms with E-state index in [1.54, 1.807) is 13.3 Å². The Kier molecular flexibility index (Phi) is 6.41. The number of rotatable bonds is 4. The largest absolute Gasteiger partial charge is 0.481 e. The zero-order chi connectivity index (χ0) is 24.2. The van der Waals surface area contributed by atoms with E-state index in [0.717, 1.165) is 46.9 Å². The number of nitriles is 1. The van der Waals surface area contributed by atoms with Crippen LogP contribution in [0.4, 0.5) is 11.8 Å². The molecule has 9 heteroatoms. The molecule has 0 atom stereocenters. The van der Waals surface area contributed by atoms with Gasteiger partial charge in [-0.15, -0.1) is 0 Å². The third-order valence-corrected chi connectivity index (χ3v) is 5.65. The van der Waals surface area contributed by atoms with Crippen molar-refractivity contribution in [2.45, 2.75) is 32.2 Å². The Bertz CT molecular complexity index is 1450. The Balaban J connectivity index is 0.000000231.